The molecule has 1 aromatic carbocycles. The van der Waals surface area contributed by atoms with Crippen LogP contribution in [0.25, 0.3) is 5.65 Å². The number of nitrogens with one attached hydrogen (secondary N) is 1. The number of sulfonamides is 1. The molecule has 0 saturated carbocycles. The number of hydrogen-bond acceptors (Lipinski definition) is 5. The van der Waals surface area contributed by atoms with Crippen LogP contribution in [0.1, 0.15) is 29.0 Å². The number of halogens is 1. The highest BCUT2D eigenvalue weighted by molar-refractivity contribution is 7.92. The summed E-state index contributed by atoms with van der Waals surface area (Å²) in [6, 6.07) is 10.2. The van der Waals surface area contributed by atoms with Crippen LogP contribution >= 0.6 is 11.6 Å². The van der Waals surface area contributed by atoms with E-state index in [-0.39, 0.29) is 28.8 Å². The summed E-state index contributed by atoms with van der Waals surface area (Å²) < 4.78 is 27.6. The van der Waals surface area contributed by atoms with Crippen molar-refractivity contribution in [3.63, 3.8) is 0 Å². The van der Waals surface area contributed by atoms with Gasteiger partial charge in [-0.05, 0) is 43.2 Å². The van der Waals surface area contributed by atoms with Gasteiger partial charge in [0.25, 0.3) is 5.91 Å². The summed E-state index contributed by atoms with van der Waals surface area (Å²) in [7, 11) is -3.33. The molecule has 2 aromatic heterocycles. The molecule has 0 atom stereocenters. The van der Waals surface area contributed by atoms with Crippen LogP contribution in [0.5, 0.6) is 0 Å². The Balaban J connectivity index is 1.50. The van der Waals surface area contributed by atoms with Crippen LogP contribution in [-0.4, -0.2) is 41.2 Å². The van der Waals surface area contributed by atoms with Crippen LogP contribution in [0, 0.1) is 0 Å². The second kappa shape index (κ2) is 7.40. The highest BCUT2D eigenvalue weighted by atomic mass is 35.5. The Morgan fingerprint density at radius 2 is 2.04 bits per heavy atom. The van der Waals surface area contributed by atoms with Crippen molar-refractivity contribution in [2.45, 2.75) is 19.4 Å². The molecule has 1 fully saturated rings. The maximum Gasteiger partial charge on any atom is 0.253 e. The van der Waals surface area contributed by atoms with Gasteiger partial charge in [0.2, 0.25) is 10.0 Å². The van der Waals surface area contributed by atoms with E-state index in [1.54, 1.807) is 16.5 Å². The molecule has 4 rings (SSSR count). The third-order valence-electron chi connectivity index (χ3n) is 4.63. The fourth-order valence-corrected chi connectivity index (χ4v) is 5.08. The lowest BCUT2D eigenvalue weighted by molar-refractivity contribution is 0.0950. The fraction of sp³-hybridized carbons (Fsp3) is 0.278. The first kappa shape index (κ1) is 18.7. The van der Waals surface area contributed by atoms with Crippen LogP contribution in [0.4, 0.5) is 5.69 Å². The second-order valence-corrected chi connectivity index (χ2v) is 8.91. The minimum atomic E-state index is -3.33. The van der Waals surface area contributed by atoms with Gasteiger partial charge in [-0.2, -0.15) is 0 Å². The third kappa shape index (κ3) is 3.55. The number of fused-ring (bicyclic) bond motifs is 1. The molecular weight excluding hydrogens is 402 g/mol. The Morgan fingerprint density at radius 1 is 1.18 bits per heavy atom. The van der Waals surface area contributed by atoms with Gasteiger partial charge in [0.05, 0.1) is 28.6 Å². The van der Waals surface area contributed by atoms with Crippen LogP contribution in [0.2, 0.25) is 5.02 Å². The molecule has 28 heavy (non-hydrogen) atoms. The average molecular weight is 420 g/mol. The van der Waals surface area contributed by atoms with Gasteiger partial charge in [0, 0.05) is 12.7 Å². The fourth-order valence-electron chi connectivity index (χ4n) is 3.19. The van der Waals surface area contributed by atoms with Crippen LogP contribution in [0.3, 0.4) is 0 Å². The van der Waals surface area contributed by atoms with Gasteiger partial charge in [-0.1, -0.05) is 17.7 Å². The first-order valence-corrected chi connectivity index (χ1v) is 10.8. The van der Waals surface area contributed by atoms with E-state index in [4.69, 9.17) is 11.6 Å². The van der Waals surface area contributed by atoms with Crippen LogP contribution in [-0.2, 0) is 16.6 Å². The molecule has 0 aliphatic carbocycles. The largest absolute Gasteiger partial charge is 0.345 e. The summed E-state index contributed by atoms with van der Waals surface area (Å²) in [5.74, 6) is 0.348. The van der Waals surface area contributed by atoms with Crippen molar-refractivity contribution in [2.75, 3.05) is 16.6 Å². The lowest BCUT2D eigenvalue weighted by Gasteiger charge is -2.28. The van der Waals surface area contributed by atoms with Crippen molar-refractivity contribution in [3.05, 3.63) is 59.0 Å². The summed E-state index contributed by atoms with van der Waals surface area (Å²) in [5.41, 5.74) is 1.44. The maximum absolute atomic E-state index is 12.5. The van der Waals surface area contributed by atoms with E-state index in [1.807, 2.05) is 24.4 Å². The molecule has 10 heteroatoms. The molecule has 0 radical (unpaired) electrons. The van der Waals surface area contributed by atoms with Crippen LogP contribution < -0.4 is 9.62 Å². The zero-order chi connectivity index (χ0) is 19.7. The summed E-state index contributed by atoms with van der Waals surface area (Å²) in [6.07, 6.45) is 3.27. The van der Waals surface area contributed by atoms with Gasteiger partial charge in [-0.25, -0.2) is 8.42 Å². The Bertz CT molecular complexity index is 1150. The van der Waals surface area contributed by atoms with Crippen molar-refractivity contribution < 1.29 is 13.2 Å². The first-order chi connectivity index (χ1) is 13.5. The SMILES string of the molecule is O=C(NCc1nnc2ccccn12)c1ccc(N2CCCCS2(=O)=O)cc1Cl. The molecule has 1 aliphatic rings. The maximum atomic E-state index is 12.5. The Morgan fingerprint density at radius 3 is 2.82 bits per heavy atom. The molecule has 1 aliphatic heterocycles. The summed E-state index contributed by atoms with van der Waals surface area (Å²) in [4.78, 5) is 12.5. The van der Waals surface area contributed by atoms with Gasteiger partial charge in [0.1, 0.15) is 0 Å². The molecule has 8 nitrogen and oxygen atoms in total. The Hall–Kier alpha value is -2.65. The van der Waals surface area contributed by atoms with Crippen molar-refractivity contribution in [1.82, 2.24) is 19.9 Å². The van der Waals surface area contributed by atoms with Gasteiger partial charge < -0.3 is 5.32 Å². The van der Waals surface area contributed by atoms with Gasteiger partial charge >= 0.3 is 0 Å². The number of anilines is 1. The third-order valence-corrected chi connectivity index (χ3v) is 6.81. The minimum absolute atomic E-state index is 0.124. The number of carbonyl (C=O) groups is 1. The van der Waals surface area contributed by atoms with E-state index in [0.29, 0.717) is 30.1 Å². The molecule has 3 aromatic rings. The molecular formula is C18H18ClN5O3S. The highest BCUT2D eigenvalue weighted by Crippen LogP contribution is 2.28. The molecule has 3 heterocycles. The second-order valence-electron chi connectivity index (χ2n) is 6.49. The average Bonchev–Trinajstić information content (AvgIpc) is 3.09. The number of benzene rings is 1. The smallest absolute Gasteiger partial charge is 0.253 e. The molecule has 0 bridgehead atoms. The quantitative estimate of drug-likeness (QED) is 0.699. The molecule has 0 unspecified atom stereocenters. The number of rotatable bonds is 4. The van der Waals surface area contributed by atoms with Gasteiger partial charge in [-0.3, -0.25) is 13.5 Å². The van der Waals surface area contributed by atoms with Crippen molar-refractivity contribution in [2.24, 2.45) is 0 Å². The molecule has 146 valence electrons. The van der Waals surface area contributed by atoms with Gasteiger partial charge in [0.15, 0.2) is 11.5 Å². The number of pyridine rings is 1. The molecule has 1 saturated heterocycles. The predicted molar refractivity (Wildman–Crippen MR) is 106 cm³/mol. The van der Waals surface area contributed by atoms with Crippen LogP contribution in [0.15, 0.2) is 42.6 Å². The number of nitrogens with zero attached hydrogens (tertiary/aromatic N) is 4. The topological polar surface area (TPSA) is 96.7 Å². The lowest BCUT2D eigenvalue weighted by Crippen LogP contribution is -2.37. The monoisotopic (exact) mass is 419 g/mol. The highest BCUT2D eigenvalue weighted by Gasteiger charge is 2.26. The van der Waals surface area contributed by atoms with Crippen molar-refractivity contribution in [1.29, 1.82) is 0 Å². The first-order valence-electron chi connectivity index (χ1n) is 8.82. The standard InChI is InChI=1S/C18H18ClN5O3S/c19-15-11-13(24-9-3-4-10-28(24,26)27)6-7-14(15)18(25)20-12-17-22-21-16-5-1-2-8-23(16)17/h1-2,5-8,11H,3-4,9-10,12H2,(H,20,25). The number of carbonyl (C=O) groups excluding carboxylic acids is 1. The number of hydrogen-bond donors (Lipinski definition) is 1. The van der Waals surface area contributed by atoms with Crippen molar-refractivity contribution in [3.8, 4) is 0 Å². The van der Waals surface area contributed by atoms with E-state index in [9.17, 15) is 13.2 Å². The Kier molecular flexibility index (Phi) is 4.94. The number of amides is 1. The normalized spacial score (nSPS) is 16.2. The minimum Gasteiger partial charge on any atom is -0.345 e. The molecule has 1 amide bonds. The van der Waals surface area contributed by atoms with E-state index in [0.717, 1.165) is 6.42 Å². The van der Waals surface area contributed by atoms with Gasteiger partial charge in [-0.15, -0.1) is 10.2 Å². The summed E-state index contributed by atoms with van der Waals surface area (Å²) >= 11 is 6.28. The Labute approximate surface area is 167 Å². The lowest BCUT2D eigenvalue weighted by atomic mass is 10.2. The molecule has 0 spiro atoms. The predicted octanol–water partition coefficient (Wildman–Crippen LogP) is 2.24. The van der Waals surface area contributed by atoms with E-state index in [2.05, 4.69) is 15.5 Å². The van der Waals surface area contributed by atoms with E-state index < -0.39 is 10.0 Å². The summed E-state index contributed by atoms with van der Waals surface area (Å²) in [5, 5.41) is 11.1. The number of aromatic nitrogens is 3. The van der Waals surface area contributed by atoms with E-state index in [1.165, 1.54) is 10.4 Å². The van der Waals surface area contributed by atoms with E-state index >= 15 is 0 Å². The molecule has 1 N–H and O–H groups in total. The summed E-state index contributed by atoms with van der Waals surface area (Å²) in [6.45, 7) is 0.604. The van der Waals surface area contributed by atoms with Crippen molar-refractivity contribution >= 4 is 38.9 Å². The zero-order valence-corrected chi connectivity index (χ0v) is 16.4. The zero-order valence-electron chi connectivity index (χ0n) is 14.9.